The van der Waals surface area contributed by atoms with Gasteiger partial charge in [-0.25, -0.2) is 9.78 Å². The summed E-state index contributed by atoms with van der Waals surface area (Å²) in [5.74, 6) is -0.0360. The van der Waals surface area contributed by atoms with Crippen molar-refractivity contribution in [2.24, 2.45) is 0 Å². The summed E-state index contributed by atoms with van der Waals surface area (Å²) in [4.78, 5) is 37.4. The summed E-state index contributed by atoms with van der Waals surface area (Å²) in [6.07, 6.45) is 6.52. The van der Waals surface area contributed by atoms with E-state index in [1.807, 2.05) is 51.1 Å². The van der Waals surface area contributed by atoms with Gasteiger partial charge in [0.15, 0.2) is 10.9 Å². The first-order valence-corrected chi connectivity index (χ1v) is 12.4. The summed E-state index contributed by atoms with van der Waals surface area (Å²) in [5.41, 5.74) is 2.29. The molecule has 0 bridgehead atoms. The quantitative estimate of drug-likeness (QED) is 0.440. The van der Waals surface area contributed by atoms with E-state index in [1.54, 1.807) is 18.5 Å². The smallest absolute Gasteiger partial charge is 0.412 e. The lowest BCUT2D eigenvalue weighted by Gasteiger charge is -2.25. The number of pyridine rings is 1. The van der Waals surface area contributed by atoms with E-state index in [4.69, 9.17) is 4.74 Å². The lowest BCUT2D eigenvalue weighted by molar-refractivity contribution is 0.0635. The molecule has 1 N–H and O–H groups in total. The van der Waals surface area contributed by atoms with E-state index in [-0.39, 0.29) is 12.2 Å². The van der Waals surface area contributed by atoms with Crippen molar-refractivity contribution in [1.82, 2.24) is 9.97 Å². The highest BCUT2D eigenvalue weighted by molar-refractivity contribution is 7.17. The molecule has 1 aliphatic rings. The Hall–Kier alpha value is -3.26. The van der Waals surface area contributed by atoms with Gasteiger partial charge in [0.05, 0.1) is 16.8 Å². The highest BCUT2D eigenvalue weighted by atomic mass is 32.1. The fraction of sp³-hybridized carbons (Fsp3) is 0.385. The van der Waals surface area contributed by atoms with Crippen molar-refractivity contribution < 1.29 is 14.3 Å². The van der Waals surface area contributed by atoms with Crippen LogP contribution in [0.3, 0.4) is 0 Å². The Morgan fingerprint density at radius 1 is 1.09 bits per heavy atom. The van der Waals surface area contributed by atoms with Crippen LogP contribution in [0.1, 0.15) is 55.3 Å². The Balaban J connectivity index is 1.58. The molecule has 1 saturated heterocycles. The van der Waals surface area contributed by atoms with Crippen LogP contribution in [0.25, 0.3) is 11.3 Å². The molecule has 0 atom stereocenters. The number of nitrogens with zero attached hydrogens (tertiary/aromatic N) is 3. The average Bonchev–Trinajstić information content (AvgIpc) is 3.31. The predicted octanol–water partition coefficient (Wildman–Crippen LogP) is 5.97. The number of ketones is 1. The molecule has 8 heteroatoms. The zero-order valence-corrected chi connectivity index (χ0v) is 20.7. The first-order chi connectivity index (χ1) is 16.3. The number of hydrogen-bond donors (Lipinski definition) is 1. The van der Waals surface area contributed by atoms with Gasteiger partial charge in [0.25, 0.3) is 0 Å². The predicted molar refractivity (Wildman–Crippen MR) is 136 cm³/mol. The van der Waals surface area contributed by atoms with Crippen molar-refractivity contribution in [3.8, 4) is 11.3 Å². The van der Waals surface area contributed by atoms with E-state index in [9.17, 15) is 9.59 Å². The second-order valence-corrected chi connectivity index (χ2v) is 10.4. The van der Waals surface area contributed by atoms with Crippen LogP contribution in [-0.2, 0) is 11.2 Å². The van der Waals surface area contributed by atoms with E-state index in [2.05, 4.69) is 20.2 Å². The Kier molecular flexibility index (Phi) is 7.26. The zero-order valence-electron chi connectivity index (χ0n) is 19.8. The highest BCUT2D eigenvalue weighted by Crippen LogP contribution is 2.29. The third-order valence-corrected chi connectivity index (χ3v) is 6.55. The van der Waals surface area contributed by atoms with Crippen molar-refractivity contribution in [2.75, 3.05) is 23.3 Å². The van der Waals surface area contributed by atoms with E-state index in [0.717, 1.165) is 42.3 Å². The van der Waals surface area contributed by atoms with E-state index >= 15 is 0 Å². The van der Waals surface area contributed by atoms with Crippen LogP contribution in [0.5, 0.6) is 0 Å². The van der Waals surface area contributed by atoms with Gasteiger partial charge in [-0.3, -0.25) is 15.1 Å². The minimum atomic E-state index is -0.624. The Morgan fingerprint density at radius 3 is 2.59 bits per heavy atom. The molecule has 0 spiro atoms. The average molecular weight is 479 g/mol. The second kappa shape index (κ2) is 10.3. The lowest BCUT2D eigenvalue weighted by Crippen LogP contribution is -2.29. The second-order valence-electron chi connectivity index (χ2n) is 9.37. The largest absolute Gasteiger partial charge is 0.444 e. The third kappa shape index (κ3) is 6.20. The van der Waals surface area contributed by atoms with Crippen molar-refractivity contribution in [1.29, 1.82) is 0 Å². The van der Waals surface area contributed by atoms with Crippen molar-refractivity contribution in [3.05, 3.63) is 59.2 Å². The minimum Gasteiger partial charge on any atom is -0.444 e. The molecule has 0 unspecified atom stereocenters. The van der Waals surface area contributed by atoms with Gasteiger partial charge >= 0.3 is 6.09 Å². The molecular formula is C26H30N4O3S. The molecule has 1 fully saturated rings. The fourth-order valence-corrected chi connectivity index (χ4v) is 4.76. The lowest BCUT2D eigenvalue weighted by atomic mass is 10.0. The van der Waals surface area contributed by atoms with Crippen molar-refractivity contribution in [2.45, 2.75) is 52.1 Å². The van der Waals surface area contributed by atoms with Crippen LogP contribution in [0, 0.1) is 0 Å². The number of nitrogens with one attached hydrogen (secondary N) is 1. The van der Waals surface area contributed by atoms with Gasteiger partial charge < -0.3 is 9.64 Å². The Morgan fingerprint density at radius 2 is 1.88 bits per heavy atom. The molecule has 2 aromatic heterocycles. The highest BCUT2D eigenvalue weighted by Gasteiger charge is 2.21. The Bertz CT molecular complexity index is 1150. The number of aromatic nitrogens is 2. The molecular weight excluding hydrogens is 448 g/mol. The third-order valence-electron chi connectivity index (χ3n) is 5.45. The van der Waals surface area contributed by atoms with Crippen LogP contribution >= 0.6 is 11.3 Å². The molecule has 1 aromatic carbocycles. The molecule has 7 nitrogen and oxygen atoms in total. The van der Waals surface area contributed by atoms with E-state index < -0.39 is 11.7 Å². The van der Waals surface area contributed by atoms with Gasteiger partial charge in [0.1, 0.15) is 5.60 Å². The molecule has 34 heavy (non-hydrogen) atoms. The minimum absolute atomic E-state index is 0.0360. The number of hydrogen-bond acceptors (Lipinski definition) is 7. The number of amides is 1. The zero-order chi connectivity index (χ0) is 24.1. The number of piperidine rings is 1. The molecule has 0 saturated carbocycles. The van der Waals surface area contributed by atoms with Crippen molar-refractivity contribution >= 4 is 34.0 Å². The molecule has 3 heterocycles. The summed E-state index contributed by atoms with van der Waals surface area (Å²) in [5, 5.41) is 3.71. The topological polar surface area (TPSA) is 84.4 Å². The normalized spacial score (nSPS) is 14.0. The Labute approximate surface area is 204 Å². The number of anilines is 2. The molecule has 4 rings (SSSR count). The van der Waals surface area contributed by atoms with E-state index in [1.165, 1.54) is 17.8 Å². The SMILES string of the molecule is CC(C)(C)OC(=O)Nc1ccc(-c2ccccn2)cc1CC(=O)c1cnc(N2CCCCC2)s1. The van der Waals surface area contributed by atoms with Gasteiger partial charge in [0.2, 0.25) is 0 Å². The molecule has 178 valence electrons. The van der Waals surface area contributed by atoms with Crippen LogP contribution < -0.4 is 10.2 Å². The molecule has 1 aliphatic heterocycles. The summed E-state index contributed by atoms with van der Waals surface area (Å²) in [6.45, 7) is 7.40. The number of carbonyl (C=O) groups is 2. The number of thiazole rings is 1. The van der Waals surface area contributed by atoms with E-state index in [0.29, 0.717) is 16.1 Å². The van der Waals surface area contributed by atoms with Crippen molar-refractivity contribution in [3.63, 3.8) is 0 Å². The van der Waals surface area contributed by atoms with Gasteiger partial charge in [-0.15, -0.1) is 0 Å². The number of benzene rings is 1. The molecule has 0 radical (unpaired) electrons. The number of ether oxygens (including phenoxy) is 1. The maximum absolute atomic E-state index is 13.2. The van der Waals surface area contributed by atoms with Crippen LogP contribution in [0.2, 0.25) is 0 Å². The summed E-state index contributed by atoms with van der Waals surface area (Å²) >= 11 is 1.44. The summed E-state index contributed by atoms with van der Waals surface area (Å²) in [6, 6.07) is 11.3. The maximum atomic E-state index is 13.2. The van der Waals surface area contributed by atoms with Crippen LogP contribution in [0.4, 0.5) is 15.6 Å². The fourth-order valence-electron chi connectivity index (χ4n) is 3.85. The maximum Gasteiger partial charge on any atom is 0.412 e. The number of rotatable bonds is 6. The first kappa shape index (κ1) is 23.9. The molecule has 1 amide bonds. The monoisotopic (exact) mass is 478 g/mol. The molecule has 0 aliphatic carbocycles. The standard InChI is InChI=1S/C26H30N4O3S/c1-26(2,3)33-25(32)29-21-11-10-18(20-9-5-6-12-27-20)15-19(21)16-22(31)23-17-28-24(34-23)30-13-7-4-8-14-30/h5-6,9-12,15,17H,4,7-8,13-14,16H2,1-3H3,(H,29,32). The summed E-state index contributed by atoms with van der Waals surface area (Å²) in [7, 11) is 0. The van der Waals surface area contributed by atoms with Crippen LogP contribution in [0.15, 0.2) is 48.8 Å². The van der Waals surface area contributed by atoms with Gasteiger partial charge in [-0.05, 0) is 69.9 Å². The first-order valence-electron chi connectivity index (χ1n) is 11.6. The van der Waals surface area contributed by atoms with Gasteiger partial charge in [-0.1, -0.05) is 23.5 Å². The van der Waals surface area contributed by atoms with Gasteiger partial charge in [-0.2, -0.15) is 0 Å². The van der Waals surface area contributed by atoms with Crippen LogP contribution in [-0.4, -0.2) is 40.5 Å². The number of Topliss-reactive ketones (excluding diaryl/α,β-unsaturated/α-hetero) is 1. The molecule has 3 aromatic rings. The number of carbonyl (C=O) groups excluding carboxylic acids is 2. The van der Waals surface area contributed by atoms with Gasteiger partial charge in [0, 0.05) is 37.0 Å². The summed E-state index contributed by atoms with van der Waals surface area (Å²) < 4.78 is 5.41.